The number of Topliss-reactive ketones (excluding diaryl/α,β-unsaturated/α-hetero) is 1. The molecule has 0 fully saturated rings. The maximum absolute atomic E-state index is 11.5. The molecular weight excluding hydrogens is 150 g/mol. The predicted octanol–water partition coefficient (Wildman–Crippen LogP) is 1.72. The maximum atomic E-state index is 11.5. The fraction of sp³-hybridized carbons (Fsp3) is 0.700. The van der Waals surface area contributed by atoms with Crippen LogP contribution in [-0.4, -0.2) is 31.3 Å². The van der Waals surface area contributed by atoms with Gasteiger partial charge in [0, 0.05) is 18.0 Å². The Hall–Kier alpha value is -0.630. The van der Waals surface area contributed by atoms with Gasteiger partial charge < -0.3 is 4.90 Å². The Morgan fingerprint density at radius 2 is 2.00 bits per heavy atom. The lowest BCUT2D eigenvalue weighted by molar-refractivity contribution is -0.119. The van der Waals surface area contributed by atoms with Gasteiger partial charge in [-0.2, -0.15) is 0 Å². The summed E-state index contributed by atoms with van der Waals surface area (Å²) in [6.45, 7) is 8.41. The highest BCUT2D eigenvalue weighted by atomic mass is 16.1. The van der Waals surface area contributed by atoms with E-state index in [0.717, 1.165) is 6.42 Å². The van der Waals surface area contributed by atoms with Gasteiger partial charge in [0.05, 0.1) is 0 Å². The molecule has 12 heavy (non-hydrogen) atoms. The van der Waals surface area contributed by atoms with Crippen molar-refractivity contribution in [2.45, 2.75) is 20.3 Å². The second kappa shape index (κ2) is 5.09. The Balaban J connectivity index is 4.02. The van der Waals surface area contributed by atoms with Crippen molar-refractivity contribution in [2.75, 3.05) is 20.6 Å². The molecule has 1 atom stereocenters. The maximum Gasteiger partial charge on any atom is 0.162 e. The molecule has 0 aliphatic rings. The molecular formula is C10H19NO. The SMILES string of the molecule is C=C(CN(C)C)C(=O)C(C)CC. The van der Waals surface area contributed by atoms with Gasteiger partial charge in [-0.25, -0.2) is 0 Å². The van der Waals surface area contributed by atoms with Gasteiger partial charge >= 0.3 is 0 Å². The zero-order valence-corrected chi connectivity index (χ0v) is 8.55. The fourth-order valence-electron chi connectivity index (χ4n) is 0.993. The molecule has 0 N–H and O–H groups in total. The van der Waals surface area contributed by atoms with E-state index in [0.29, 0.717) is 12.1 Å². The van der Waals surface area contributed by atoms with Crippen LogP contribution in [0.15, 0.2) is 12.2 Å². The molecule has 2 heteroatoms. The molecule has 0 aromatic carbocycles. The van der Waals surface area contributed by atoms with Crippen molar-refractivity contribution in [2.24, 2.45) is 5.92 Å². The first-order valence-corrected chi connectivity index (χ1v) is 4.35. The molecule has 70 valence electrons. The van der Waals surface area contributed by atoms with E-state index >= 15 is 0 Å². The van der Waals surface area contributed by atoms with Crippen LogP contribution in [0.25, 0.3) is 0 Å². The minimum absolute atomic E-state index is 0.123. The van der Waals surface area contributed by atoms with Gasteiger partial charge in [-0.1, -0.05) is 20.4 Å². The molecule has 0 saturated heterocycles. The molecule has 0 saturated carbocycles. The lowest BCUT2D eigenvalue weighted by Crippen LogP contribution is -2.22. The predicted molar refractivity (Wildman–Crippen MR) is 52.2 cm³/mol. The zero-order valence-electron chi connectivity index (χ0n) is 8.55. The molecule has 0 aliphatic carbocycles. The quantitative estimate of drug-likeness (QED) is 0.584. The van der Waals surface area contributed by atoms with Crippen molar-refractivity contribution in [3.63, 3.8) is 0 Å². The van der Waals surface area contributed by atoms with Crippen LogP contribution in [0.5, 0.6) is 0 Å². The van der Waals surface area contributed by atoms with Crippen LogP contribution in [0.4, 0.5) is 0 Å². The molecule has 0 bridgehead atoms. The molecule has 0 spiro atoms. The minimum atomic E-state index is 0.123. The van der Waals surface area contributed by atoms with Crippen molar-refractivity contribution in [1.82, 2.24) is 4.90 Å². The molecule has 2 nitrogen and oxygen atoms in total. The highest BCUT2D eigenvalue weighted by molar-refractivity contribution is 5.96. The van der Waals surface area contributed by atoms with Gasteiger partial charge in [-0.3, -0.25) is 4.79 Å². The third kappa shape index (κ3) is 3.67. The average Bonchev–Trinajstić information content (AvgIpc) is 2.00. The van der Waals surface area contributed by atoms with E-state index in [-0.39, 0.29) is 11.7 Å². The molecule has 0 aromatic heterocycles. The topological polar surface area (TPSA) is 20.3 Å². The van der Waals surface area contributed by atoms with Gasteiger partial charge in [0.15, 0.2) is 5.78 Å². The van der Waals surface area contributed by atoms with Crippen LogP contribution in [0.1, 0.15) is 20.3 Å². The average molecular weight is 169 g/mol. The van der Waals surface area contributed by atoms with Crippen molar-refractivity contribution < 1.29 is 4.79 Å². The lowest BCUT2D eigenvalue weighted by atomic mass is 9.98. The molecule has 0 aliphatic heterocycles. The number of nitrogens with zero attached hydrogens (tertiary/aromatic N) is 1. The zero-order chi connectivity index (χ0) is 9.72. The number of carbonyl (C=O) groups is 1. The Bertz CT molecular complexity index is 173. The van der Waals surface area contributed by atoms with Crippen molar-refractivity contribution in [3.05, 3.63) is 12.2 Å². The lowest BCUT2D eigenvalue weighted by Gasteiger charge is -2.13. The van der Waals surface area contributed by atoms with Gasteiger partial charge in [0.1, 0.15) is 0 Å². The normalized spacial score (nSPS) is 13.1. The number of likely N-dealkylation sites (N-methyl/N-ethyl adjacent to an activating group) is 1. The second-order valence-electron chi connectivity index (χ2n) is 3.51. The number of hydrogen-bond donors (Lipinski definition) is 0. The number of carbonyl (C=O) groups excluding carboxylic acids is 1. The number of hydrogen-bond acceptors (Lipinski definition) is 2. The standard InChI is InChI=1S/C10H19NO/c1-6-8(2)10(12)9(3)7-11(4)5/h8H,3,6-7H2,1-2,4-5H3. The smallest absolute Gasteiger partial charge is 0.162 e. The van der Waals surface area contributed by atoms with Crippen molar-refractivity contribution in [1.29, 1.82) is 0 Å². The van der Waals surface area contributed by atoms with Crippen LogP contribution < -0.4 is 0 Å². The number of ketones is 1. The van der Waals surface area contributed by atoms with Crippen LogP contribution in [0, 0.1) is 5.92 Å². The Kier molecular flexibility index (Phi) is 4.83. The monoisotopic (exact) mass is 169 g/mol. The minimum Gasteiger partial charge on any atom is -0.305 e. The van der Waals surface area contributed by atoms with Crippen LogP contribution in [0.3, 0.4) is 0 Å². The first kappa shape index (κ1) is 11.4. The van der Waals surface area contributed by atoms with Gasteiger partial charge in [0.25, 0.3) is 0 Å². The van der Waals surface area contributed by atoms with E-state index in [1.54, 1.807) is 0 Å². The first-order valence-electron chi connectivity index (χ1n) is 4.35. The van der Waals surface area contributed by atoms with E-state index in [1.165, 1.54) is 0 Å². The molecule has 0 radical (unpaired) electrons. The van der Waals surface area contributed by atoms with Gasteiger partial charge in [-0.05, 0) is 20.5 Å². The third-order valence-electron chi connectivity index (χ3n) is 1.92. The van der Waals surface area contributed by atoms with Crippen LogP contribution in [0.2, 0.25) is 0 Å². The highest BCUT2D eigenvalue weighted by Gasteiger charge is 2.14. The summed E-state index contributed by atoms with van der Waals surface area (Å²) in [6.07, 6.45) is 0.894. The van der Waals surface area contributed by atoms with Gasteiger partial charge in [-0.15, -0.1) is 0 Å². The van der Waals surface area contributed by atoms with E-state index in [4.69, 9.17) is 0 Å². The summed E-state index contributed by atoms with van der Waals surface area (Å²) >= 11 is 0. The van der Waals surface area contributed by atoms with E-state index in [1.807, 2.05) is 32.8 Å². The summed E-state index contributed by atoms with van der Waals surface area (Å²) in [5, 5.41) is 0. The third-order valence-corrected chi connectivity index (χ3v) is 1.92. The van der Waals surface area contributed by atoms with E-state index in [9.17, 15) is 4.79 Å². The Morgan fingerprint density at radius 3 is 2.33 bits per heavy atom. The second-order valence-corrected chi connectivity index (χ2v) is 3.51. The molecule has 0 rings (SSSR count). The summed E-state index contributed by atoms with van der Waals surface area (Å²) in [5.41, 5.74) is 0.717. The summed E-state index contributed by atoms with van der Waals surface area (Å²) in [7, 11) is 3.88. The Labute approximate surface area is 75.3 Å². The Morgan fingerprint density at radius 1 is 1.50 bits per heavy atom. The summed E-state index contributed by atoms with van der Waals surface area (Å²) < 4.78 is 0. The van der Waals surface area contributed by atoms with Crippen molar-refractivity contribution >= 4 is 5.78 Å². The van der Waals surface area contributed by atoms with E-state index in [2.05, 4.69) is 6.58 Å². The van der Waals surface area contributed by atoms with E-state index < -0.39 is 0 Å². The molecule has 0 amide bonds. The summed E-state index contributed by atoms with van der Waals surface area (Å²) in [4.78, 5) is 13.4. The highest BCUT2D eigenvalue weighted by Crippen LogP contribution is 2.08. The van der Waals surface area contributed by atoms with Crippen molar-refractivity contribution in [3.8, 4) is 0 Å². The molecule has 0 heterocycles. The van der Waals surface area contributed by atoms with Gasteiger partial charge in [0.2, 0.25) is 0 Å². The summed E-state index contributed by atoms with van der Waals surface area (Å²) in [5.74, 6) is 0.323. The largest absolute Gasteiger partial charge is 0.305 e. The van der Waals surface area contributed by atoms with Crippen LogP contribution in [-0.2, 0) is 4.79 Å². The number of rotatable bonds is 5. The summed E-state index contributed by atoms with van der Waals surface area (Å²) in [6, 6.07) is 0. The first-order chi connectivity index (χ1) is 5.49. The molecule has 1 unspecified atom stereocenters. The fourth-order valence-corrected chi connectivity index (χ4v) is 0.993. The molecule has 0 aromatic rings. The van der Waals surface area contributed by atoms with Crippen LogP contribution >= 0.6 is 0 Å².